The van der Waals surface area contributed by atoms with Gasteiger partial charge in [0.05, 0.1) is 11.0 Å². The van der Waals surface area contributed by atoms with Gasteiger partial charge in [0.15, 0.2) is 17.5 Å². The number of fused-ring (bicyclic) bond motifs is 6. The van der Waals surface area contributed by atoms with Gasteiger partial charge in [-0.05, 0) is 103 Å². The molecule has 0 spiro atoms. The molecule has 10 aromatic carbocycles. The third-order valence-electron chi connectivity index (χ3n) is 12.0. The maximum atomic E-state index is 5.36. The van der Waals surface area contributed by atoms with Crippen LogP contribution in [-0.2, 0) is 0 Å². The van der Waals surface area contributed by atoms with Crippen molar-refractivity contribution >= 4 is 54.1 Å². The number of hydrogen-bond acceptors (Lipinski definition) is 3. The highest BCUT2D eigenvalue weighted by Gasteiger charge is 2.20. The molecule has 61 heavy (non-hydrogen) atoms. The molecule has 2 aromatic heterocycles. The maximum absolute atomic E-state index is 5.36. The van der Waals surface area contributed by atoms with Gasteiger partial charge in [0.2, 0.25) is 0 Å². The average molecular weight is 777 g/mol. The molecule has 0 radical (unpaired) electrons. The molecule has 0 amide bonds. The molecule has 0 saturated carbocycles. The van der Waals surface area contributed by atoms with Gasteiger partial charge in [-0.25, -0.2) is 15.0 Å². The Morgan fingerprint density at radius 3 is 1.67 bits per heavy atom. The smallest absolute Gasteiger partial charge is 0.164 e. The standard InChI is InChI=1S/C57H36N4/c1-2-14-37(15-3-1)41-22-12-23-44(32-41)55-58-56(45-29-28-38-16-4-5-18-40(38)33-45)60-57(59-55)50-31-30-46(36-51(50)48-26-13-21-39-17-8-9-24-47(39)48)61-53-27-11-10-25-49(53)52-34-42-19-6-7-20-43(42)35-54(52)61/h1-36H. The first kappa shape index (κ1) is 34.8. The minimum Gasteiger partial charge on any atom is -0.309 e. The second kappa shape index (κ2) is 14.3. The van der Waals surface area contributed by atoms with Crippen LogP contribution in [0.5, 0.6) is 0 Å². The molecule has 0 aliphatic carbocycles. The van der Waals surface area contributed by atoms with Gasteiger partial charge in [0.1, 0.15) is 0 Å². The fourth-order valence-electron chi connectivity index (χ4n) is 9.03. The van der Waals surface area contributed by atoms with Crippen molar-refractivity contribution in [1.29, 1.82) is 0 Å². The molecule has 4 heteroatoms. The third-order valence-corrected chi connectivity index (χ3v) is 12.0. The fraction of sp³-hybridized carbons (Fsp3) is 0. The van der Waals surface area contributed by atoms with Gasteiger partial charge in [0.25, 0.3) is 0 Å². The summed E-state index contributed by atoms with van der Waals surface area (Å²) in [5.74, 6) is 1.85. The second-order valence-electron chi connectivity index (χ2n) is 15.6. The molecule has 0 atom stereocenters. The van der Waals surface area contributed by atoms with E-state index in [-0.39, 0.29) is 0 Å². The van der Waals surface area contributed by atoms with Crippen molar-refractivity contribution in [2.75, 3.05) is 0 Å². The van der Waals surface area contributed by atoms with Crippen LogP contribution in [0.25, 0.3) is 116 Å². The van der Waals surface area contributed by atoms with Crippen LogP contribution in [-0.4, -0.2) is 19.5 Å². The Morgan fingerprint density at radius 2 is 0.852 bits per heavy atom. The lowest BCUT2D eigenvalue weighted by molar-refractivity contribution is 1.07. The summed E-state index contributed by atoms with van der Waals surface area (Å²) in [6.07, 6.45) is 0. The van der Waals surface area contributed by atoms with Crippen LogP contribution in [0.4, 0.5) is 0 Å². The number of para-hydroxylation sites is 1. The Morgan fingerprint density at radius 1 is 0.262 bits per heavy atom. The lowest BCUT2D eigenvalue weighted by atomic mass is 9.93. The first-order valence-corrected chi connectivity index (χ1v) is 20.7. The van der Waals surface area contributed by atoms with Crippen LogP contribution in [0.2, 0.25) is 0 Å². The molecular weight excluding hydrogens is 741 g/mol. The Kier molecular flexibility index (Phi) is 8.13. The van der Waals surface area contributed by atoms with Crippen molar-refractivity contribution in [2.45, 2.75) is 0 Å². The average Bonchev–Trinajstić information content (AvgIpc) is 3.66. The zero-order valence-electron chi connectivity index (χ0n) is 33.1. The van der Waals surface area contributed by atoms with Crippen LogP contribution >= 0.6 is 0 Å². The third kappa shape index (κ3) is 6.04. The predicted molar refractivity (Wildman–Crippen MR) is 254 cm³/mol. The molecule has 0 saturated heterocycles. The Hall–Kier alpha value is -8.21. The monoisotopic (exact) mass is 776 g/mol. The normalized spacial score (nSPS) is 11.6. The zero-order chi connectivity index (χ0) is 40.3. The molecule has 2 heterocycles. The fourth-order valence-corrected chi connectivity index (χ4v) is 9.03. The topological polar surface area (TPSA) is 43.6 Å². The number of rotatable bonds is 6. The van der Waals surface area contributed by atoms with Crippen LogP contribution < -0.4 is 0 Å². The summed E-state index contributed by atoms with van der Waals surface area (Å²) in [6, 6.07) is 77.7. The van der Waals surface area contributed by atoms with Gasteiger partial charge in [-0.3, -0.25) is 0 Å². The first-order valence-electron chi connectivity index (χ1n) is 20.7. The summed E-state index contributed by atoms with van der Waals surface area (Å²) in [5.41, 5.74) is 10.6. The van der Waals surface area contributed by atoms with Crippen LogP contribution in [0.3, 0.4) is 0 Å². The van der Waals surface area contributed by atoms with Crippen LogP contribution in [0.1, 0.15) is 0 Å². The molecule has 12 rings (SSSR count). The molecule has 12 aromatic rings. The summed E-state index contributed by atoms with van der Waals surface area (Å²) in [7, 11) is 0. The quantitative estimate of drug-likeness (QED) is 0.169. The van der Waals surface area contributed by atoms with Crippen molar-refractivity contribution in [3.05, 3.63) is 218 Å². The van der Waals surface area contributed by atoms with Gasteiger partial charge >= 0.3 is 0 Å². The molecule has 0 unspecified atom stereocenters. The minimum atomic E-state index is 0.612. The number of hydrogen-bond donors (Lipinski definition) is 0. The van der Waals surface area contributed by atoms with Crippen molar-refractivity contribution in [2.24, 2.45) is 0 Å². The van der Waals surface area contributed by atoms with Gasteiger partial charge in [0, 0.05) is 33.2 Å². The lowest BCUT2D eigenvalue weighted by Gasteiger charge is -2.17. The van der Waals surface area contributed by atoms with Crippen molar-refractivity contribution in [3.8, 4) is 62.1 Å². The van der Waals surface area contributed by atoms with E-state index in [1.165, 1.54) is 32.3 Å². The van der Waals surface area contributed by atoms with E-state index in [1.807, 2.05) is 6.07 Å². The highest BCUT2D eigenvalue weighted by molar-refractivity contribution is 6.14. The Bertz CT molecular complexity index is 3650. The van der Waals surface area contributed by atoms with Gasteiger partial charge < -0.3 is 4.57 Å². The highest BCUT2D eigenvalue weighted by Crippen LogP contribution is 2.41. The van der Waals surface area contributed by atoms with E-state index in [2.05, 4.69) is 217 Å². The summed E-state index contributed by atoms with van der Waals surface area (Å²) in [4.78, 5) is 15.9. The number of nitrogens with zero attached hydrogens (tertiary/aromatic N) is 4. The predicted octanol–water partition coefficient (Wildman–Crippen LogP) is 14.8. The second-order valence-corrected chi connectivity index (χ2v) is 15.6. The molecule has 0 bridgehead atoms. The van der Waals surface area contributed by atoms with E-state index in [4.69, 9.17) is 15.0 Å². The van der Waals surface area contributed by atoms with Gasteiger partial charge in [-0.1, -0.05) is 170 Å². The molecular formula is C57H36N4. The SMILES string of the molecule is c1ccc(-c2cccc(-c3nc(-c4ccc5ccccc5c4)nc(-c4ccc(-n5c6ccccc6c6cc7ccccc7cc65)cc4-c4cccc5ccccc45)n3)c2)cc1. The van der Waals surface area contributed by atoms with E-state index in [1.54, 1.807) is 0 Å². The van der Waals surface area contributed by atoms with Gasteiger partial charge in [-0.2, -0.15) is 0 Å². The molecule has 284 valence electrons. The van der Waals surface area contributed by atoms with Crippen molar-refractivity contribution in [3.63, 3.8) is 0 Å². The Balaban J connectivity index is 1.13. The van der Waals surface area contributed by atoms with E-state index in [0.29, 0.717) is 17.5 Å². The number of aromatic nitrogens is 4. The summed E-state index contributed by atoms with van der Waals surface area (Å²) >= 11 is 0. The van der Waals surface area contributed by atoms with Crippen LogP contribution in [0.15, 0.2) is 218 Å². The number of benzene rings is 10. The van der Waals surface area contributed by atoms with Crippen molar-refractivity contribution in [1.82, 2.24) is 19.5 Å². The summed E-state index contributed by atoms with van der Waals surface area (Å²) in [6.45, 7) is 0. The van der Waals surface area contributed by atoms with Gasteiger partial charge in [-0.15, -0.1) is 0 Å². The Labute approximate surface area is 352 Å². The van der Waals surface area contributed by atoms with E-state index >= 15 is 0 Å². The van der Waals surface area contributed by atoms with E-state index < -0.39 is 0 Å². The minimum absolute atomic E-state index is 0.612. The highest BCUT2D eigenvalue weighted by atomic mass is 15.0. The first-order chi connectivity index (χ1) is 30.2. The molecule has 0 aliphatic heterocycles. The molecule has 0 fully saturated rings. The largest absolute Gasteiger partial charge is 0.309 e. The van der Waals surface area contributed by atoms with E-state index in [9.17, 15) is 0 Å². The summed E-state index contributed by atoms with van der Waals surface area (Å²) in [5, 5.41) is 9.52. The molecule has 0 aliphatic rings. The van der Waals surface area contributed by atoms with E-state index in [0.717, 1.165) is 66.4 Å². The summed E-state index contributed by atoms with van der Waals surface area (Å²) < 4.78 is 2.41. The maximum Gasteiger partial charge on any atom is 0.164 e. The van der Waals surface area contributed by atoms with Crippen LogP contribution in [0, 0.1) is 0 Å². The lowest BCUT2D eigenvalue weighted by Crippen LogP contribution is -2.02. The molecule has 4 nitrogen and oxygen atoms in total. The molecule has 0 N–H and O–H groups in total. The van der Waals surface area contributed by atoms with Crippen molar-refractivity contribution < 1.29 is 0 Å². The zero-order valence-corrected chi connectivity index (χ0v) is 33.1.